The van der Waals surface area contributed by atoms with E-state index >= 15 is 0 Å². The van der Waals surface area contributed by atoms with E-state index in [0.29, 0.717) is 31.9 Å². The van der Waals surface area contributed by atoms with E-state index in [-0.39, 0.29) is 0 Å². The first-order chi connectivity index (χ1) is 14.4. The number of carbonyl (C=O) groups excluding carboxylic acids is 3. The molecule has 3 aromatic rings. The lowest BCUT2D eigenvalue weighted by molar-refractivity contribution is -0.119. The average Bonchev–Trinajstić information content (AvgIpc) is 3.14. The number of benzene rings is 2. The molecular weight excluding hydrogens is 428 g/mol. The van der Waals surface area contributed by atoms with Crippen LogP contribution in [0.3, 0.4) is 0 Å². The van der Waals surface area contributed by atoms with E-state index in [4.69, 9.17) is 16.3 Å². The van der Waals surface area contributed by atoms with Crippen LogP contribution >= 0.6 is 22.9 Å². The van der Waals surface area contributed by atoms with Gasteiger partial charge in [0, 0.05) is 16.3 Å². The molecule has 0 aliphatic rings. The maximum absolute atomic E-state index is 12.4. The number of amides is 1. The predicted molar refractivity (Wildman–Crippen MR) is 114 cm³/mol. The summed E-state index contributed by atoms with van der Waals surface area (Å²) >= 11 is 7.08. The van der Waals surface area contributed by atoms with Crippen LogP contribution in [0.5, 0.6) is 0 Å². The van der Waals surface area contributed by atoms with Gasteiger partial charge in [-0.3, -0.25) is 4.79 Å². The third kappa shape index (κ3) is 5.22. The summed E-state index contributed by atoms with van der Waals surface area (Å²) in [5.74, 6) is -1.60. The number of esters is 2. The van der Waals surface area contributed by atoms with Gasteiger partial charge in [-0.05, 0) is 43.3 Å². The highest BCUT2D eigenvalue weighted by molar-refractivity contribution is 7.17. The van der Waals surface area contributed by atoms with Crippen LogP contribution in [0.25, 0.3) is 10.6 Å². The highest BCUT2D eigenvalue weighted by Gasteiger charge is 2.19. The first-order valence-corrected chi connectivity index (χ1v) is 9.95. The summed E-state index contributed by atoms with van der Waals surface area (Å²) in [7, 11) is 1.29. The molecule has 7 nitrogen and oxygen atoms in total. The van der Waals surface area contributed by atoms with E-state index < -0.39 is 24.5 Å². The van der Waals surface area contributed by atoms with E-state index in [9.17, 15) is 14.4 Å². The van der Waals surface area contributed by atoms with Crippen LogP contribution in [-0.2, 0) is 14.3 Å². The Hall–Kier alpha value is -3.23. The Kier molecular flexibility index (Phi) is 6.81. The molecule has 0 aliphatic carbocycles. The van der Waals surface area contributed by atoms with Crippen molar-refractivity contribution in [3.63, 3.8) is 0 Å². The van der Waals surface area contributed by atoms with Gasteiger partial charge in [0.1, 0.15) is 9.88 Å². The minimum absolute atomic E-state index is 0.329. The van der Waals surface area contributed by atoms with Crippen LogP contribution in [0, 0.1) is 6.92 Å². The fourth-order valence-electron chi connectivity index (χ4n) is 2.50. The van der Waals surface area contributed by atoms with Gasteiger partial charge in [0.05, 0.1) is 18.4 Å². The number of rotatable bonds is 6. The molecule has 0 radical (unpaired) electrons. The van der Waals surface area contributed by atoms with E-state index in [1.165, 1.54) is 30.6 Å². The standard InChI is InChI=1S/C21H17ClN2O5S/c1-12-18(30-19(23-12)13-3-7-15(22)8-4-13)21(27)29-11-17(25)24-16-9-5-14(6-10-16)20(26)28-2/h3-10H,11H2,1-2H3,(H,24,25). The molecule has 3 rings (SSSR count). The van der Waals surface area contributed by atoms with Crippen molar-refractivity contribution in [1.82, 2.24) is 4.98 Å². The molecule has 1 amide bonds. The van der Waals surface area contributed by atoms with Gasteiger partial charge in [0.2, 0.25) is 0 Å². The second-order valence-electron chi connectivity index (χ2n) is 6.13. The number of thiazole rings is 1. The van der Waals surface area contributed by atoms with E-state index in [2.05, 4.69) is 15.0 Å². The molecule has 0 unspecified atom stereocenters. The van der Waals surface area contributed by atoms with Gasteiger partial charge in [-0.15, -0.1) is 11.3 Å². The fraction of sp³-hybridized carbons (Fsp3) is 0.143. The lowest BCUT2D eigenvalue weighted by Crippen LogP contribution is -2.20. The molecule has 2 aromatic carbocycles. The highest BCUT2D eigenvalue weighted by Crippen LogP contribution is 2.29. The SMILES string of the molecule is COC(=O)c1ccc(NC(=O)COC(=O)c2sc(-c3ccc(Cl)cc3)nc2C)cc1. The topological polar surface area (TPSA) is 94.6 Å². The number of ether oxygens (including phenoxy) is 2. The Labute approximate surface area is 181 Å². The van der Waals surface area contributed by atoms with Gasteiger partial charge in [0.15, 0.2) is 6.61 Å². The van der Waals surface area contributed by atoms with Crippen molar-refractivity contribution in [2.45, 2.75) is 6.92 Å². The van der Waals surface area contributed by atoms with Crippen LogP contribution in [0.1, 0.15) is 25.7 Å². The largest absolute Gasteiger partial charge is 0.465 e. The van der Waals surface area contributed by atoms with Gasteiger partial charge < -0.3 is 14.8 Å². The Morgan fingerprint density at radius 3 is 2.33 bits per heavy atom. The van der Waals surface area contributed by atoms with Crippen molar-refractivity contribution in [3.05, 3.63) is 69.7 Å². The van der Waals surface area contributed by atoms with Crippen LogP contribution in [0.2, 0.25) is 5.02 Å². The molecule has 1 N–H and O–H groups in total. The number of methoxy groups -OCH3 is 1. The molecule has 9 heteroatoms. The Balaban J connectivity index is 1.58. The maximum atomic E-state index is 12.4. The van der Waals surface area contributed by atoms with Crippen LogP contribution in [0.15, 0.2) is 48.5 Å². The summed E-state index contributed by atoms with van der Waals surface area (Å²) in [6, 6.07) is 13.3. The van der Waals surface area contributed by atoms with Gasteiger partial charge in [-0.1, -0.05) is 23.7 Å². The van der Waals surface area contributed by atoms with E-state index in [0.717, 1.165) is 5.56 Å². The quantitative estimate of drug-likeness (QED) is 0.568. The van der Waals surface area contributed by atoms with E-state index in [1.54, 1.807) is 31.2 Å². The number of hydrogen-bond donors (Lipinski definition) is 1. The zero-order valence-electron chi connectivity index (χ0n) is 16.1. The summed E-state index contributed by atoms with van der Waals surface area (Å²) in [6.45, 7) is 1.25. The summed E-state index contributed by atoms with van der Waals surface area (Å²) in [6.07, 6.45) is 0. The fourth-order valence-corrected chi connectivity index (χ4v) is 3.59. The zero-order valence-corrected chi connectivity index (χ0v) is 17.7. The Bertz CT molecular complexity index is 1080. The molecule has 0 fully saturated rings. The normalized spacial score (nSPS) is 10.4. The van der Waals surface area contributed by atoms with Crippen molar-refractivity contribution < 1.29 is 23.9 Å². The second-order valence-corrected chi connectivity index (χ2v) is 7.57. The summed E-state index contributed by atoms with van der Waals surface area (Å²) in [5, 5.41) is 3.86. The number of anilines is 1. The molecule has 1 heterocycles. The zero-order chi connectivity index (χ0) is 21.7. The summed E-state index contributed by atoms with van der Waals surface area (Å²) in [5.41, 5.74) is 2.18. The Morgan fingerprint density at radius 2 is 1.70 bits per heavy atom. The number of nitrogens with one attached hydrogen (secondary N) is 1. The molecule has 0 bridgehead atoms. The molecular formula is C21H17ClN2O5S. The minimum atomic E-state index is -0.624. The predicted octanol–water partition coefficient (Wildman–Crippen LogP) is 4.35. The number of aryl methyl sites for hydroxylation is 1. The number of aromatic nitrogens is 1. The third-order valence-electron chi connectivity index (χ3n) is 4.00. The lowest BCUT2D eigenvalue weighted by atomic mass is 10.2. The van der Waals surface area contributed by atoms with E-state index in [1.807, 2.05) is 12.1 Å². The molecule has 0 atom stereocenters. The first-order valence-electron chi connectivity index (χ1n) is 8.76. The van der Waals surface area contributed by atoms with Crippen molar-refractivity contribution in [3.8, 4) is 10.6 Å². The molecule has 0 spiro atoms. The van der Waals surface area contributed by atoms with Crippen molar-refractivity contribution >= 4 is 46.5 Å². The molecule has 0 saturated heterocycles. The maximum Gasteiger partial charge on any atom is 0.350 e. The molecule has 1 aromatic heterocycles. The van der Waals surface area contributed by atoms with Crippen molar-refractivity contribution in [2.24, 2.45) is 0 Å². The summed E-state index contributed by atoms with van der Waals surface area (Å²) in [4.78, 5) is 40.6. The molecule has 154 valence electrons. The Morgan fingerprint density at radius 1 is 1.03 bits per heavy atom. The lowest BCUT2D eigenvalue weighted by Gasteiger charge is -2.07. The van der Waals surface area contributed by atoms with Crippen LogP contribution < -0.4 is 5.32 Å². The van der Waals surface area contributed by atoms with Crippen LogP contribution in [0.4, 0.5) is 5.69 Å². The van der Waals surface area contributed by atoms with Crippen molar-refractivity contribution in [2.75, 3.05) is 19.0 Å². The van der Waals surface area contributed by atoms with Crippen LogP contribution in [-0.4, -0.2) is 36.5 Å². The van der Waals surface area contributed by atoms with Crippen molar-refractivity contribution in [1.29, 1.82) is 0 Å². The molecule has 0 aliphatic heterocycles. The monoisotopic (exact) mass is 444 g/mol. The first kappa shape index (κ1) is 21.5. The number of halogens is 1. The second kappa shape index (κ2) is 9.51. The molecule has 30 heavy (non-hydrogen) atoms. The van der Waals surface area contributed by atoms with Gasteiger partial charge in [-0.2, -0.15) is 0 Å². The number of hydrogen-bond acceptors (Lipinski definition) is 7. The average molecular weight is 445 g/mol. The van der Waals surface area contributed by atoms with Gasteiger partial charge in [0.25, 0.3) is 5.91 Å². The minimum Gasteiger partial charge on any atom is -0.465 e. The van der Waals surface area contributed by atoms with Gasteiger partial charge in [-0.25, -0.2) is 14.6 Å². The van der Waals surface area contributed by atoms with Gasteiger partial charge >= 0.3 is 11.9 Å². The molecule has 0 saturated carbocycles. The smallest absolute Gasteiger partial charge is 0.350 e. The number of nitrogens with zero attached hydrogens (tertiary/aromatic N) is 1. The number of carbonyl (C=O) groups is 3. The summed E-state index contributed by atoms with van der Waals surface area (Å²) < 4.78 is 9.73. The highest BCUT2D eigenvalue weighted by atomic mass is 35.5. The third-order valence-corrected chi connectivity index (χ3v) is 5.44.